The zero-order chi connectivity index (χ0) is 83.8. The van der Waals surface area contributed by atoms with Crippen molar-refractivity contribution >= 4 is 23.3 Å². The Balaban J connectivity index is 0.649. The van der Waals surface area contributed by atoms with Crippen molar-refractivity contribution < 1.29 is 23.8 Å². The van der Waals surface area contributed by atoms with Crippen molar-refractivity contribution in [1.82, 2.24) is 0 Å². The van der Waals surface area contributed by atoms with E-state index in [4.69, 9.17) is 9.47 Å². The molecule has 4 spiro atoms. The van der Waals surface area contributed by atoms with E-state index in [9.17, 15) is 9.59 Å². The van der Waals surface area contributed by atoms with E-state index < -0.39 is 11.9 Å². The van der Waals surface area contributed by atoms with Crippen LogP contribution in [0.2, 0.25) is 0 Å². The highest BCUT2D eigenvalue weighted by atomic mass is 32.1. The SMILES string of the molecule is C=COC(=O)/C=C\C(=O)OCCCCCCCCCCCCOc1ccc(-c2ccc(-c3ccc4c(c3)C3(c5cc6c(cc5-4)C4(c5cc7c(cc5-6)C5(c6cc(-c8ccc9c(c8)C8(c%10cc(C)ccc%10-9)C9CCCC8(C(CC)CC)CCC9)ccc6-7)C6CCC5(C(C)C)CC6)C5(C(C)C)CCC4(C(C)C)CC5)C4(C(C)C)CCC3(C(C)C)CC4)s2)cc1. The lowest BCUT2D eigenvalue weighted by Crippen LogP contribution is -2.59. The smallest absolute Gasteiger partial charge is 0.335 e. The van der Waals surface area contributed by atoms with Gasteiger partial charge in [-0.05, 0) is 392 Å². The van der Waals surface area contributed by atoms with Gasteiger partial charge in [0.1, 0.15) is 5.75 Å². The van der Waals surface area contributed by atoms with Crippen LogP contribution in [0, 0.1) is 86.8 Å². The first kappa shape index (κ1) is 81.8. The third-order valence-electron chi connectivity index (χ3n) is 38.4. The van der Waals surface area contributed by atoms with E-state index in [0.717, 1.165) is 56.5 Å². The number of hydrogen-bond donors (Lipinski definition) is 0. The monoisotopic (exact) mass is 1630 g/mol. The molecule has 7 aromatic carbocycles. The van der Waals surface area contributed by atoms with Gasteiger partial charge in [-0.25, -0.2) is 9.59 Å². The van der Waals surface area contributed by atoms with Crippen LogP contribution in [0.1, 0.15) is 326 Å². The molecule has 8 saturated carbocycles. The molecule has 634 valence electrons. The summed E-state index contributed by atoms with van der Waals surface area (Å²) in [5.41, 5.74) is 33.9. The van der Waals surface area contributed by atoms with Crippen molar-refractivity contribution in [2.45, 2.75) is 304 Å². The predicted molar refractivity (Wildman–Crippen MR) is 501 cm³/mol. The van der Waals surface area contributed by atoms with Crippen LogP contribution >= 0.6 is 11.3 Å². The first-order chi connectivity index (χ1) is 58.5. The van der Waals surface area contributed by atoms with Gasteiger partial charge < -0.3 is 14.2 Å². The lowest BCUT2D eigenvalue weighted by Gasteiger charge is -2.64. The fourth-order valence-electron chi connectivity index (χ4n) is 33.6. The molecular formula is C115H138O5S. The first-order valence-electron chi connectivity index (χ1n) is 49.0. The highest BCUT2D eigenvalue weighted by molar-refractivity contribution is 7.18. The number of carbonyl (C=O) groups is 2. The van der Waals surface area contributed by atoms with Gasteiger partial charge in [-0.1, -0.05) is 227 Å². The Bertz CT molecular complexity index is 5360. The van der Waals surface area contributed by atoms with Crippen molar-refractivity contribution in [3.8, 4) is 82.3 Å². The lowest BCUT2D eigenvalue weighted by molar-refractivity contribution is -0.139. The zero-order valence-electron chi connectivity index (χ0n) is 75.8. The van der Waals surface area contributed by atoms with Gasteiger partial charge in [0, 0.05) is 43.6 Å². The second-order valence-electron chi connectivity index (χ2n) is 43.0. The molecule has 0 aliphatic heterocycles. The van der Waals surface area contributed by atoms with E-state index in [0.29, 0.717) is 54.0 Å². The van der Waals surface area contributed by atoms with Crippen LogP contribution in [-0.2, 0) is 40.7 Å². The molecule has 121 heavy (non-hydrogen) atoms. The van der Waals surface area contributed by atoms with Gasteiger partial charge >= 0.3 is 11.9 Å². The number of rotatable bonds is 28. The number of ether oxygens (including phenoxy) is 3. The second-order valence-corrected chi connectivity index (χ2v) is 44.1. The lowest BCUT2D eigenvalue weighted by atomic mass is 9.39. The molecule has 0 amide bonds. The third kappa shape index (κ3) is 10.8. The first-order valence-corrected chi connectivity index (χ1v) is 49.8. The predicted octanol–water partition coefficient (Wildman–Crippen LogP) is 31.2. The molecule has 2 atom stereocenters. The Morgan fingerprint density at radius 3 is 1.25 bits per heavy atom. The summed E-state index contributed by atoms with van der Waals surface area (Å²) >= 11 is 1.97. The Hall–Kier alpha value is -7.54. The number of hydrogen-bond acceptors (Lipinski definition) is 6. The molecule has 0 saturated heterocycles. The van der Waals surface area contributed by atoms with Crippen molar-refractivity contribution in [2.24, 2.45) is 79.8 Å². The third-order valence-corrected chi connectivity index (χ3v) is 39.6. The van der Waals surface area contributed by atoms with Gasteiger partial charge in [-0.2, -0.15) is 0 Å². The number of fused-ring (bicyclic) bond motifs is 12. The fraction of sp³-hybridized carbons (Fsp3) is 0.548. The van der Waals surface area contributed by atoms with E-state index in [2.05, 4.69) is 235 Å². The van der Waals surface area contributed by atoms with Crippen LogP contribution in [-0.4, -0.2) is 25.2 Å². The average molecular weight is 1630 g/mol. The minimum Gasteiger partial charge on any atom is -0.494 e. The number of aryl methyl sites for hydroxylation is 1. The molecule has 12 aliphatic carbocycles. The molecule has 8 fully saturated rings. The summed E-state index contributed by atoms with van der Waals surface area (Å²) in [5, 5.41) is 0. The van der Waals surface area contributed by atoms with Crippen LogP contribution < -0.4 is 4.74 Å². The quantitative estimate of drug-likeness (QED) is 0.0212. The number of esters is 2. The average Bonchev–Trinajstić information content (AvgIpc) is 1.45. The number of thiophene rings is 1. The molecule has 5 nitrogen and oxygen atoms in total. The molecule has 12 aliphatic rings. The number of benzene rings is 7. The maximum absolute atomic E-state index is 11.8. The van der Waals surface area contributed by atoms with Crippen LogP contribution in [0.25, 0.3) is 76.5 Å². The second kappa shape index (κ2) is 30.1. The Labute approximate surface area is 730 Å². The summed E-state index contributed by atoms with van der Waals surface area (Å²) in [7, 11) is 0. The van der Waals surface area contributed by atoms with Gasteiger partial charge in [0.05, 0.1) is 19.5 Å². The standard InChI is InChI=1S/C115H138O5S/c1-15-82(16-2)111-50-28-30-83(31-29-51-111)113(111)94-64-77(14)32-40-86(94)87-41-35-79(65-95(87)113)80-36-42-88-90-69-100-92(68-97(90)112(96(88)66-80)84-48-52-106(112,53-49-84)72(4)5)93-71-99-91(70-101(93)115(100)109(75(10)11)58-60-110(115,61-59-109)76(12)13)89-43-37-81(67-98(89)114(99)107(73(6)7)54-56-108(114,57-55-107)74(8)9)103-45-44-102(121-103)78-33-38-85(39-34-78)119-62-26-24-22-20-18-19-21-23-25-27-63-120-105(117)47-46-104(116)118-17-3/h17,32-47,64-76,82-84H,3,15-16,18-31,48-63H2,1-2,4-14H3/b47-46-. The molecular weight excluding hydrogens is 1490 g/mol. The van der Waals surface area contributed by atoms with Crippen LogP contribution in [0.3, 0.4) is 0 Å². The summed E-state index contributed by atoms with van der Waals surface area (Å²) in [6.07, 6.45) is 41.0. The van der Waals surface area contributed by atoms with Crippen molar-refractivity contribution in [3.63, 3.8) is 0 Å². The van der Waals surface area contributed by atoms with Crippen molar-refractivity contribution in [1.29, 1.82) is 0 Å². The maximum atomic E-state index is 11.8. The van der Waals surface area contributed by atoms with Crippen molar-refractivity contribution in [2.75, 3.05) is 13.2 Å². The molecule has 6 heteroatoms. The summed E-state index contributed by atoms with van der Waals surface area (Å²) in [6.45, 7) is 38.5. The highest BCUT2D eigenvalue weighted by Crippen LogP contribution is 2.87. The Morgan fingerprint density at radius 1 is 0.380 bits per heavy atom. The summed E-state index contributed by atoms with van der Waals surface area (Å²) < 4.78 is 16.2. The largest absolute Gasteiger partial charge is 0.494 e. The molecule has 1 aromatic heterocycles. The summed E-state index contributed by atoms with van der Waals surface area (Å²) in [5.74, 6) is 4.41. The fourth-order valence-corrected chi connectivity index (χ4v) is 34.6. The van der Waals surface area contributed by atoms with E-state index in [1.165, 1.54) is 210 Å². The van der Waals surface area contributed by atoms with E-state index >= 15 is 0 Å². The van der Waals surface area contributed by atoms with E-state index in [-0.39, 0.29) is 54.1 Å². The topological polar surface area (TPSA) is 61.8 Å². The Kier molecular flexibility index (Phi) is 20.3. The molecule has 0 radical (unpaired) electrons. The number of carbonyl (C=O) groups excluding carboxylic acids is 2. The zero-order valence-corrected chi connectivity index (χ0v) is 76.7. The van der Waals surface area contributed by atoms with Gasteiger partial charge in [0.2, 0.25) is 0 Å². The molecule has 1 heterocycles. The van der Waals surface area contributed by atoms with Crippen LogP contribution in [0.4, 0.5) is 0 Å². The minimum atomic E-state index is -0.642. The normalized spacial score (nSPS) is 30.2. The Morgan fingerprint density at radius 2 is 0.752 bits per heavy atom. The van der Waals surface area contributed by atoms with Crippen molar-refractivity contribution in [3.05, 3.63) is 209 Å². The highest BCUT2D eigenvalue weighted by Gasteiger charge is 2.80. The minimum absolute atomic E-state index is 0.0436. The van der Waals surface area contributed by atoms with Gasteiger partial charge in [-0.15, -0.1) is 11.3 Å². The van der Waals surface area contributed by atoms with Gasteiger partial charge in [0.15, 0.2) is 0 Å². The maximum Gasteiger partial charge on any atom is 0.335 e. The van der Waals surface area contributed by atoms with Crippen LogP contribution in [0.15, 0.2) is 158 Å². The number of unbranched alkanes of at least 4 members (excludes halogenated alkanes) is 9. The molecule has 0 N–H and O–H groups in total. The van der Waals surface area contributed by atoms with Gasteiger partial charge in [0.25, 0.3) is 0 Å². The summed E-state index contributed by atoms with van der Waals surface area (Å²) in [6, 6.07) is 58.0. The van der Waals surface area contributed by atoms with E-state index in [1.54, 1.807) is 83.5 Å². The molecule has 2 unspecified atom stereocenters. The van der Waals surface area contributed by atoms with Gasteiger partial charge in [-0.3, -0.25) is 0 Å². The molecule has 8 aromatic rings. The van der Waals surface area contributed by atoms with E-state index in [1.807, 2.05) is 11.3 Å². The van der Waals surface area contributed by atoms with Crippen LogP contribution in [0.5, 0.6) is 5.75 Å². The molecule has 8 bridgehead atoms. The summed E-state index contributed by atoms with van der Waals surface area (Å²) in [4.78, 5) is 25.9. The molecule has 20 rings (SSSR count).